The number of amides is 1. The summed E-state index contributed by atoms with van der Waals surface area (Å²) in [5, 5.41) is 0.867. The van der Waals surface area contributed by atoms with Crippen LogP contribution in [-0.2, 0) is 0 Å². The van der Waals surface area contributed by atoms with Crippen molar-refractivity contribution < 1.29 is 4.79 Å². The van der Waals surface area contributed by atoms with Gasteiger partial charge in [-0.2, -0.15) is 0 Å². The second kappa shape index (κ2) is 5.00. The van der Waals surface area contributed by atoms with E-state index in [4.69, 9.17) is 5.84 Å². The zero-order valence-electron chi connectivity index (χ0n) is 12.4. The van der Waals surface area contributed by atoms with E-state index in [1.54, 1.807) is 6.07 Å². The number of benzene rings is 1. The first-order chi connectivity index (χ1) is 10.00. The predicted molar refractivity (Wildman–Crippen MR) is 83.9 cm³/mol. The molecular formula is C16H20N4O. The van der Waals surface area contributed by atoms with Crippen LogP contribution in [0, 0.1) is 5.41 Å². The lowest BCUT2D eigenvalue weighted by Gasteiger charge is -2.20. The second-order valence-electron chi connectivity index (χ2n) is 6.36. The number of para-hydroxylation sites is 1. The SMILES string of the molecule is CC1(C)CCN(C(=O)c2cc(NN)nc3ccccc23)C1. The first-order valence-electron chi connectivity index (χ1n) is 7.16. The van der Waals surface area contributed by atoms with Crippen LogP contribution >= 0.6 is 0 Å². The number of hydrogen-bond acceptors (Lipinski definition) is 4. The van der Waals surface area contributed by atoms with E-state index in [1.165, 1.54) is 0 Å². The summed E-state index contributed by atoms with van der Waals surface area (Å²) in [4.78, 5) is 19.2. The van der Waals surface area contributed by atoms with Crippen LogP contribution in [0.25, 0.3) is 10.9 Å². The van der Waals surface area contributed by atoms with Crippen LogP contribution in [0.5, 0.6) is 0 Å². The number of aromatic nitrogens is 1. The average molecular weight is 284 g/mol. The quantitative estimate of drug-likeness (QED) is 0.656. The third-order valence-electron chi connectivity index (χ3n) is 4.06. The van der Waals surface area contributed by atoms with Crippen LogP contribution in [0.2, 0.25) is 0 Å². The van der Waals surface area contributed by atoms with Gasteiger partial charge in [0.15, 0.2) is 0 Å². The number of anilines is 1. The van der Waals surface area contributed by atoms with Crippen LogP contribution in [0.1, 0.15) is 30.6 Å². The first kappa shape index (κ1) is 13.8. The van der Waals surface area contributed by atoms with Gasteiger partial charge >= 0.3 is 0 Å². The minimum Gasteiger partial charge on any atom is -0.338 e. The van der Waals surface area contributed by atoms with E-state index >= 15 is 0 Å². The van der Waals surface area contributed by atoms with Crippen molar-refractivity contribution in [3.05, 3.63) is 35.9 Å². The van der Waals surface area contributed by atoms with E-state index in [2.05, 4.69) is 24.3 Å². The molecule has 2 aromatic rings. The fraction of sp³-hybridized carbons (Fsp3) is 0.375. The van der Waals surface area contributed by atoms with Crippen molar-refractivity contribution in [2.75, 3.05) is 18.5 Å². The summed E-state index contributed by atoms with van der Waals surface area (Å²) < 4.78 is 0. The van der Waals surface area contributed by atoms with E-state index in [0.717, 1.165) is 30.4 Å². The lowest BCUT2D eigenvalue weighted by atomic mass is 9.93. The summed E-state index contributed by atoms with van der Waals surface area (Å²) >= 11 is 0. The lowest BCUT2D eigenvalue weighted by molar-refractivity contribution is 0.0780. The first-order valence-corrected chi connectivity index (χ1v) is 7.16. The molecule has 1 aromatic carbocycles. The minimum atomic E-state index is 0.0516. The molecule has 21 heavy (non-hydrogen) atoms. The second-order valence-corrected chi connectivity index (χ2v) is 6.36. The molecule has 3 N–H and O–H groups in total. The molecule has 1 aromatic heterocycles. The highest BCUT2D eigenvalue weighted by Crippen LogP contribution is 2.31. The van der Waals surface area contributed by atoms with E-state index in [1.807, 2.05) is 29.2 Å². The Morgan fingerprint density at radius 2 is 2.14 bits per heavy atom. The number of hydrazine groups is 1. The zero-order chi connectivity index (χ0) is 15.0. The molecule has 0 spiro atoms. The molecule has 1 aliphatic rings. The van der Waals surface area contributed by atoms with Gasteiger partial charge < -0.3 is 10.3 Å². The van der Waals surface area contributed by atoms with Crippen molar-refractivity contribution in [1.82, 2.24) is 9.88 Å². The van der Waals surface area contributed by atoms with Crippen molar-refractivity contribution >= 4 is 22.6 Å². The third-order valence-corrected chi connectivity index (χ3v) is 4.06. The lowest BCUT2D eigenvalue weighted by Crippen LogP contribution is -2.30. The molecule has 1 saturated heterocycles. The Hall–Kier alpha value is -2.14. The summed E-state index contributed by atoms with van der Waals surface area (Å²) in [7, 11) is 0. The number of nitrogen functional groups attached to an aromatic ring is 1. The Labute approximate surface area is 124 Å². The molecule has 0 bridgehead atoms. The Kier molecular flexibility index (Phi) is 3.29. The highest BCUT2D eigenvalue weighted by atomic mass is 16.2. The molecule has 0 radical (unpaired) electrons. The number of pyridine rings is 1. The minimum absolute atomic E-state index is 0.0516. The van der Waals surface area contributed by atoms with Gasteiger partial charge in [0.2, 0.25) is 0 Å². The Balaban J connectivity index is 2.05. The van der Waals surface area contributed by atoms with Crippen molar-refractivity contribution in [2.45, 2.75) is 20.3 Å². The van der Waals surface area contributed by atoms with Gasteiger partial charge in [0.05, 0.1) is 11.1 Å². The van der Waals surface area contributed by atoms with Gasteiger partial charge in [0.1, 0.15) is 5.82 Å². The monoisotopic (exact) mass is 284 g/mol. The van der Waals surface area contributed by atoms with Crippen LogP contribution in [0.15, 0.2) is 30.3 Å². The Bertz CT molecular complexity index is 696. The summed E-state index contributed by atoms with van der Waals surface area (Å²) in [6.45, 7) is 5.97. The standard InChI is InChI=1S/C16H20N4O/c1-16(2)7-8-20(10-16)15(21)12-9-14(19-17)18-13-6-4-3-5-11(12)13/h3-6,9H,7-8,10,17H2,1-2H3,(H,18,19). The van der Waals surface area contributed by atoms with Gasteiger partial charge in [-0.3, -0.25) is 4.79 Å². The maximum atomic E-state index is 12.8. The van der Waals surface area contributed by atoms with Crippen LogP contribution < -0.4 is 11.3 Å². The highest BCUT2D eigenvalue weighted by Gasteiger charge is 2.33. The largest absolute Gasteiger partial charge is 0.338 e. The van der Waals surface area contributed by atoms with E-state index in [0.29, 0.717) is 11.4 Å². The predicted octanol–water partition coefficient (Wildman–Crippen LogP) is 2.39. The normalized spacial score (nSPS) is 17.2. The van der Waals surface area contributed by atoms with Crippen molar-refractivity contribution in [2.24, 2.45) is 11.3 Å². The molecule has 0 saturated carbocycles. The number of nitrogens with two attached hydrogens (primary N) is 1. The number of carbonyl (C=O) groups excluding carboxylic acids is 1. The van der Waals surface area contributed by atoms with E-state index in [9.17, 15) is 4.79 Å². The average Bonchev–Trinajstić information content (AvgIpc) is 2.85. The highest BCUT2D eigenvalue weighted by molar-refractivity contribution is 6.07. The summed E-state index contributed by atoms with van der Waals surface area (Å²) in [6, 6.07) is 9.38. The van der Waals surface area contributed by atoms with Gasteiger partial charge in [0.25, 0.3) is 5.91 Å². The molecule has 1 amide bonds. The molecule has 2 heterocycles. The summed E-state index contributed by atoms with van der Waals surface area (Å²) in [5.74, 6) is 6.03. The number of nitrogens with one attached hydrogen (secondary N) is 1. The van der Waals surface area contributed by atoms with Gasteiger partial charge in [-0.15, -0.1) is 0 Å². The molecule has 3 rings (SSSR count). The van der Waals surface area contributed by atoms with Crippen LogP contribution in [0.4, 0.5) is 5.82 Å². The fourth-order valence-corrected chi connectivity index (χ4v) is 2.88. The van der Waals surface area contributed by atoms with E-state index in [-0.39, 0.29) is 11.3 Å². The maximum absolute atomic E-state index is 12.8. The molecular weight excluding hydrogens is 264 g/mol. The molecule has 0 aliphatic carbocycles. The van der Waals surface area contributed by atoms with Gasteiger partial charge in [0, 0.05) is 18.5 Å². The maximum Gasteiger partial charge on any atom is 0.254 e. The molecule has 0 unspecified atom stereocenters. The van der Waals surface area contributed by atoms with Crippen molar-refractivity contribution in [3.63, 3.8) is 0 Å². The number of rotatable bonds is 2. The number of hydrogen-bond donors (Lipinski definition) is 2. The Morgan fingerprint density at radius 3 is 2.81 bits per heavy atom. The van der Waals surface area contributed by atoms with Gasteiger partial charge in [-0.1, -0.05) is 32.0 Å². The molecule has 1 aliphatic heterocycles. The number of nitrogens with zero attached hydrogens (tertiary/aromatic N) is 2. The fourth-order valence-electron chi connectivity index (χ4n) is 2.88. The van der Waals surface area contributed by atoms with Gasteiger partial charge in [-0.05, 0) is 24.0 Å². The van der Waals surface area contributed by atoms with E-state index < -0.39 is 0 Å². The number of carbonyl (C=O) groups is 1. The molecule has 5 nitrogen and oxygen atoms in total. The smallest absolute Gasteiger partial charge is 0.254 e. The number of likely N-dealkylation sites (tertiary alicyclic amines) is 1. The molecule has 0 atom stereocenters. The van der Waals surface area contributed by atoms with Crippen LogP contribution in [-0.4, -0.2) is 28.9 Å². The molecule has 1 fully saturated rings. The topological polar surface area (TPSA) is 71.2 Å². The number of fused-ring (bicyclic) bond motifs is 1. The van der Waals surface area contributed by atoms with Crippen molar-refractivity contribution in [1.29, 1.82) is 0 Å². The third kappa shape index (κ3) is 2.56. The van der Waals surface area contributed by atoms with Crippen molar-refractivity contribution in [3.8, 4) is 0 Å². The summed E-state index contributed by atoms with van der Waals surface area (Å²) in [5.41, 5.74) is 4.16. The molecule has 5 heteroatoms. The van der Waals surface area contributed by atoms with Gasteiger partial charge in [-0.25, -0.2) is 10.8 Å². The van der Waals surface area contributed by atoms with Crippen LogP contribution in [0.3, 0.4) is 0 Å². The molecule has 110 valence electrons. The Morgan fingerprint density at radius 1 is 1.38 bits per heavy atom. The zero-order valence-corrected chi connectivity index (χ0v) is 12.4. The summed E-state index contributed by atoms with van der Waals surface area (Å²) in [6.07, 6.45) is 1.03.